The molecule has 1 aliphatic heterocycles. The summed E-state index contributed by atoms with van der Waals surface area (Å²) in [6.07, 6.45) is -1.04. The minimum absolute atomic E-state index is 0.0404. The number of primary amides is 1. The average Bonchev–Trinajstić information content (AvgIpc) is 3.59. The van der Waals surface area contributed by atoms with Gasteiger partial charge < -0.3 is 15.2 Å². The molecule has 35 heavy (non-hydrogen) atoms. The third-order valence-electron chi connectivity index (χ3n) is 5.46. The second kappa shape index (κ2) is 8.92. The van der Waals surface area contributed by atoms with Crippen molar-refractivity contribution in [3.05, 3.63) is 54.1 Å². The van der Waals surface area contributed by atoms with Crippen molar-refractivity contribution < 1.29 is 40.7 Å². The molecule has 1 saturated carbocycles. The van der Waals surface area contributed by atoms with Gasteiger partial charge in [0.2, 0.25) is 10.0 Å². The van der Waals surface area contributed by atoms with Crippen LogP contribution < -0.4 is 10.5 Å². The molecule has 0 saturated heterocycles. The molecule has 2 heterocycles. The van der Waals surface area contributed by atoms with E-state index in [2.05, 4.69) is 14.7 Å². The number of nitrogens with two attached hydrogens (primary N) is 1. The van der Waals surface area contributed by atoms with Crippen LogP contribution >= 0.6 is 0 Å². The summed E-state index contributed by atoms with van der Waals surface area (Å²) >= 11 is 0. The molecule has 2 N–H and O–H groups in total. The molecule has 0 atom stereocenters. The maximum Gasteiger partial charge on any atom is 0.573 e. The van der Waals surface area contributed by atoms with Gasteiger partial charge in [-0.05, 0) is 42.3 Å². The summed E-state index contributed by atoms with van der Waals surface area (Å²) in [4.78, 5) is 31.9. The van der Waals surface area contributed by atoms with Gasteiger partial charge >= 0.3 is 12.3 Å². The Hall–Kier alpha value is -3.52. The van der Waals surface area contributed by atoms with Gasteiger partial charge in [-0.3, -0.25) is 4.79 Å². The van der Waals surface area contributed by atoms with E-state index in [0.29, 0.717) is 18.4 Å². The molecule has 0 radical (unpaired) electrons. The number of sulfonamides is 1. The van der Waals surface area contributed by atoms with Gasteiger partial charge in [0.1, 0.15) is 5.75 Å². The minimum Gasteiger partial charge on any atom is -0.444 e. The van der Waals surface area contributed by atoms with Crippen molar-refractivity contribution in [1.82, 2.24) is 14.3 Å². The lowest BCUT2D eigenvalue weighted by atomic mass is 10.1. The van der Waals surface area contributed by atoms with Crippen molar-refractivity contribution in [2.24, 2.45) is 5.73 Å². The summed E-state index contributed by atoms with van der Waals surface area (Å²) in [5.41, 5.74) is 4.49. The predicted octanol–water partition coefficient (Wildman–Crippen LogP) is 2.03. The van der Waals surface area contributed by atoms with Crippen molar-refractivity contribution in [2.45, 2.75) is 36.1 Å². The second-order valence-corrected chi connectivity index (χ2v) is 9.81. The Balaban J connectivity index is 1.45. The summed E-state index contributed by atoms with van der Waals surface area (Å²) in [6, 6.07) is 5.25. The van der Waals surface area contributed by atoms with Crippen molar-refractivity contribution in [3.63, 3.8) is 0 Å². The number of hydrogen-bond donors (Lipinski definition) is 1. The Morgan fingerprint density at radius 1 is 1.11 bits per heavy atom. The van der Waals surface area contributed by atoms with E-state index < -0.39 is 39.6 Å². The number of halogens is 3. The quantitative estimate of drug-likeness (QED) is 0.556. The zero-order chi connectivity index (χ0) is 25.4. The maximum atomic E-state index is 12.9. The van der Waals surface area contributed by atoms with Crippen LogP contribution in [0.25, 0.3) is 5.57 Å². The van der Waals surface area contributed by atoms with Gasteiger partial charge in [-0.25, -0.2) is 23.2 Å². The standard InChI is InChI=1S/C21H19F3N4O6S/c22-21(23,24)33-14-1-3-15(4-2-14)35(31,32)28-11-6-13(7-12-28)17-26-10-5-16(27-17)18(29)34-20(8-9-20)19(25)30/h1-6,10H,7-9,11-12H2,(H2,25,30). The second-order valence-electron chi connectivity index (χ2n) is 7.88. The molecule has 14 heteroatoms. The van der Waals surface area contributed by atoms with Crippen LogP contribution in [0.3, 0.4) is 0 Å². The van der Waals surface area contributed by atoms with Crippen molar-refractivity contribution >= 4 is 27.5 Å². The van der Waals surface area contributed by atoms with Gasteiger partial charge in [-0.1, -0.05) is 6.08 Å². The van der Waals surface area contributed by atoms with Crippen LogP contribution in [0.4, 0.5) is 13.2 Å². The Morgan fingerprint density at radius 3 is 2.34 bits per heavy atom. The normalized spacial score (nSPS) is 17.9. The van der Waals surface area contributed by atoms with Crippen molar-refractivity contribution in [2.75, 3.05) is 13.1 Å². The minimum atomic E-state index is -4.88. The third-order valence-corrected chi connectivity index (χ3v) is 7.34. The Kier molecular flexibility index (Phi) is 6.27. The van der Waals surface area contributed by atoms with Crippen LogP contribution in [0.1, 0.15) is 35.6 Å². The largest absolute Gasteiger partial charge is 0.573 e. The molecule has 1 aromatic heterocycles. The molecule has 1 amide bonds. The lowest BCUT2D eigenvalue weighted by Crippen LogP contribution is -2.35. The molecule has 0 unspecified atom stereocenters. The predicted molar refractivity (Wildman–Crippen MR) is 113 cm³/mol. The molecule has 2 aliphatic rings. The highest BCUT2D eigenvalue weighted by molar-refractivity contribution is 7.89. The number of carbonyl (C=O) groups is 2. The highest BCUT2D eigenvalue weighted by Gasteiger charge is 2.53. The fourth-order valence-corrected chi connectivity index (χ4v) is 4.78. The number of hydrogen-bond acceptors (Lipinski definition) is 8. The smallest absolute Gasteiger partial charge is 0.444 e. The molecule has 1 aliphatic carbocycles. The van der Waals surface area contributed by atoms with Gasteiger partial charge in [-0.15, -0.1) is 13.2 Å². The zero-order valence-corrected chi connectivity index (χ0v) is 18.8. The van der Waals surface area contributed by atoms with E-state index in [1.165, 1.54) is 12.3 Å². The summed E-state index contributed by atoms with van der Waals surface area (Å²) in [5, 5.41) is 0. The number of amides is 1. The van der Waals surface area contributed by atoms with Crippen molar-refractivity contribution in [3.8, 4) is 5.75 Å². The van der Waals surface area contributed by atoms with Crippen LogP contribution in [0.2, 0.25) is 0 Å². The van der Waals surface area contributed by atoms with Gasteiger partial charge in [0.05, 0.1) is 4.90 Å². The number of aromatic nitrogens is 2. The van der Waals surface area contributed by atoms with Gasteiger partial charge in [0, 0.05) is 32.1 Å². The molecule has 186 valence electrons. The van der Waals surface area contributed by atoms with E-state index in [1.807, 2.05) is 0 Å². The van der Waals surface area contributed by atoms with Gasteiger partial charge in [0.25, 0.3) is 5.91 Å². The van der Waals surface area contributed by atoms with E-state index in [-0.39, 0.29) is 35.9 Å². The number of benzene rings is 1. The number of carbonyl (C=O) groups excluding carboxylic acids is 2. The molecule has 0 spiro atoms. The van der Waals surface area contributed by atoms with E-state index >= 15 is 0 Å². The zero-order valence-electron chi connectivity index (χ0n) is 18.0. The lowest BCUT2D eigenvalue weighted by molar-refractivity contribution is -0.274. The molecule has 1 aromatic carbocycles. The van der Waals surface area contributed by atoms with Crippen LogP contribution in [0, 0.1) is 0 Å². The first kappa shape index (κ1) is 24.6. The summed E-state index contributed by atoms with van der Waals surface area (Å²) < 4.78 is 72.8. The fraction of sp³-hybridized carbons (Fsp3) is 0.333. The topological polar surface area (TPSA) is 142 Å². The first-order chi connectivity index (χ1) is 16.4. The highest BCUT2D eigenvalue weighted by atomic mass is 32.2. The number of esters is 1. The third kappa shape index (κ3) is 5.43. The van der Waals surface area contributed by atoms with E-state index in [0.717, 1.165) is 28.6 Å². The maximum absolute atomic E-state index is 12.9. The van der Waals surface area contributed by atoms with Crippen LogP contribution in [-0.2, 0) is 19.6 Å². The van der Waals surface area contributed by atoms with E-state index in [4.69, 9.17) is 10.5 Å². The summed E-state index contributed by atoms with van der Waals surface area (Å²) in [6.45, 7) is 0.0130. The first-order valence-electron chi connectivity index (χ1n) is 10.3. The molecular weight excluding hydrogens is 493 g/mol. The highest BCUT2D eigenvalue weighted by Crippen LogP contribution is 2.39. The molecular formula is C21H19F3N4O6S. The Labute approximate surface area is 197 Å². The van der Waals surface area contributed by atoms with Crippen molar-refractivity contribution in [1.29, 1.82) is 0 Å². The fourth-order valence-electron chi connectivity index (χ4n) is 3.40. The SMILES string of the molecule is NC(=O)C1(OC(=O)c2ccnc(C3=CCN(S(=O)(=O)c4ccc(OC(F)(F)F)cc4)CC3)n2)CC1. The number of nitrogens with zero attached hydrogens (tertiary/aromatic N) is 3. The molecule has 0 bridgehead atoms. The van der Waals surface area contributed by atoms with Gasteiger partial charge in [-0.2, -0.15) is 4.31 Å². The number of alkyl halides is 3. The average molecular weight is 512 g/mol. The molecule has 2 aromatic rings. The Bertz CT molecular complexity index is 1290. The van der Waals surface area contributed by atoms with Gasteiger partial charge in [0.15, 0.2) is 17.1 Å². The Morgan fingerprint density at radius 2 is 1.80 bits per heavy atom. The molecule has 4 rings (SSSR count). The molecule has 10 nitrogen and oxygen atoms in total. The first-order valence-corrected chi connectivity index (χ1v) is 11.8. The lowest BCUT2D eigenvalue weighted by Gasteiger charge is -2.25. The van der Waals surface area contributed by atoms with E-state index in [1.54, 1.807) is 6.08 Å². The summed E-state index contributed by atoms with van der Waals surface area (Å²) in [7, 11) is -3.98. The van der Waals surface area contributed by atoms with E-state index in [9.17, 15) is 31.2 Å². The number of ether oxygens (including phenoxy) is 2. The van der Waals surface area contributed by atoms with Crippen LogP contribution in [0.15, 0.2) is 47.5 Å². The molecule has 1 fully saturated rings. The summed E-state index contributed by atoms with van der Waals surface area (Å²) in [5.74, 6) is -1.87. The number of rotatable bonds is 7. The monoisotopic (exact) mass is 512 g/mol. The van der Waals surface area contributed by atoms with Crippen LogP contribution in [-0.4, -0.2) is 59.6 Å². The van der Waals surface area contributed by atoms with Crippen LogP contribution in [0.5, 0.6) is 5.75 Å².